The fourth-order valence-electron chi connectivity index (χ4n) is 3.65. The van der Waals surface area contributed by atoms with E-state index in [9.17, 15) is 24.2 Å². The van der Waals surface area contributed by atoms with Crippen LogP contribution in [0.15, 0.2) is 66.2 Å². The standard InChI is InChI=1S/C24H16Cl2FNO4/c1-12-10-14(4-9-19(12)27)22(30)20-21(13-2-6-16(29)7-3-13)28(24(32)23(20)31)15-5-8-17(25)18(26)11-15/h2-11,21,29-30H,1H3/b22-20+. The lowest BCUT2D eigenvalue weighted by Crippen LogP contribution is -2.29. The lowest BCUT2D eigenvalue weighted by atomic mass is 9.94. The first-order valence-corrected chi connectivity index (χ1v) is 10.3. The second kappa shape index (κ2) is 8.30. The van der Waals surface area contributed by atoms with E-state index in [1.165, 1.54) is 60.4 Å². The summed E-state index contributed by atoms with van der Waals surface area (Å²) in [6, 6.07) is 13.3. The van der Waals surface area contributed by atoms with E-state index in [4.69, 9.17) is 23.2 Å². The first kappa shape index (κ1) is 21.9. The van der Waals surface area contributed by atoms with Gasteiger partial charge in [-0.2, -0.15) is 0 Å². The van der Waals surface area contributed by atoms with Gasteiger partial charge < -0.3 is 10.2 Å². The van der Waals surface area contributed by atoms with Gasteiger partial charge in [-0.05, 0) is 66.6 Å². The number of nitrogens with zero attached hydrogens (tertiary/aromatic N) is 1. The molecular formula is C24H16Cl2FNO4. The number of hydrogen-bond donors (Lipinski definition) is 2. The highest BCUT2D eigenvalue weighted by molar-refractivity contribution is 6.52. The Labute approximate surface area is 192 Å². The molecule has 2 N–H and O–H groups in total. The minimum Gasteiger partial charge on any atom is -0.508 e. The van der Waals surface area contributed by atoms with Crippen molar-refractivity contribution in [2.75, 3.05) is 4.90 Å². The zero-order valence-electron chi connectivity index (χ0n) is 16.6. The van der Waals surface area contributed by atoms with Gasteiger partial charge in [0.1, 0.15) is 17.3 Å². The van der Waals surface area contributed by atoms with E-state index in [-0.39, 0.29) is 32.5 Å². The topological polar surface area (TPSA) is 77.8 Å². The van der Waals surface area contributed by atoms with Crippen LogP contribution < -0.4 is 4.90 Å². The quantitative estimate of drug-likeness (QED) is 0.288. The Morgan fingerprint density at radius 2 is 1.66 bits per heavy atom. The van der Waals surface area contributed by atoms with Crippen LogP contribution >= 0.6 is 23.2 Å². The third-order valence-electron chi connectivity index (χ3n) is 5.27. The van der Waals surface area contributed by atoms with E-state index in [1.807, 2.05) is 0 Å². The normalized spacial score (nSPS) is 17.8. The second-order valence-electron chi connectivity index (χ2n) is 7.32. The molecule has 0 radical (unpaired) electrons. The fraction of sp³-hybridized carbons (Fsp3) is 0.0833. The predicted octanol–water partition coefficient (Wildman–Crippen LogP) is 5.77. The van der Waals surface area contributed by atoms with Crippen molar-refractivity contribution in [3.8, 4) is 5.75 Å². The lowest BCUT2D eigenvalue weighted by molar-refractivity contribution is -0.132. The fourth-order valence-corrected chi connectivity index (χ4v) is 3.95. The van der Waals surface area contributed by atoms with Crippen LogP contribution in [0.25, 0.3) is 5.76 Å². The number of rotatable bonds is 3. The van der Waals surface area contributed by atoms with Crippen molar-refractivity contribution in [2.45, 2.75) is 13.0 Å². The van der Waals surface area contributed by atoms with Gasteiger partial charge in [0, 0.05) is 11.3 Å². The van der Waals surface area contributed by atoms with Crippen LogP contribution in [0.3, 0.4) is 0 Å². The number of aliphatic hydroxyl groups excluding tert-OH is 1. The molecule has 0 bridgehead atoms. The number of ketones is 1. The Balaban J connectivity index is 1.96. The largest absolute Gasteiger partial charge is 0.508 e. The summed E-state index contributed by atoms with van der Waals surface area (Å²) in [5.74, 6) is -2.69. The highest BCUT2D eigenvalue weighted by atomic mass is 35.5. The van der Waals surface area contributed by atoms with Gasteiger partial charge >= 0.3 is 0 Å². The van der Waals surface area contributed by atoms with Crippen molar-refractivity contribution >= 4 is 46.3 Å². The molecule has 32 heavy (non-hydrogen) atoms. The van der Waals surface area contributed by atoms with Crippen LogP contribution in [-0.4, -0.2) is 21.9 Å². The highest BCUT2D eigenvalue weighted by Gasteiger charge is 2.47. The van der Waals surface area contributed by atoms with Crippen molar-refractivity contribution in [3.05, 3.63) is 98.8 Å². The van der Waals surface area contributed by atoms with Gasteiger partial charge in [0.15, 0.2) is 0 Å². The van der Waals surface area contributed by atoms with Crippen LogP contribution in [0, 0.1) is 12.7 Å². The number of Topliss-reactive ketones (excluding diaryl/α,β-unsaturated/α-hetero) is 1. The molecule has 1 aliphatic heterocycles. The van der Waals surface area contributed by atoms with Crippen molar-refractivity contribution < 1.29 is 24.2 Å². The monoisotopic (exact) mass is 471 g/mol. The Morgan fingerprint density at radius 3 is 2.28 bits per heavy atom. The van der Waals surface area contributed by atoms with Crippen molar-refractivity contribution in [3.63, 3.8) is 0 Å². The molecule has 3 aromatic rings. The molecule has 0 aliphatic carbocycles. The van der Waals surface area contributed by atoms with Crippen molar-refractivity contribution in [1.82, 2.24) is 0 Å². The smallest absolute Gasteiger partial charge is 0.300 e. The van der Waals surface area contributed by atoms with E-state index < -0.39 is 29.3 Å². The van der Waals surface area contributed by atoms with Crippen LogP contribution in [0.2, 0.25) is 10.0 Å². The number of carbonyl (C=O) groups is 2. The molecule has 1 aliphatic rings. The molecule has 1 heterocycles. The van der Waals surface area contributed by atoms with Crippen molar-refractivity contribution in [1.29, 1.82) is 0 Å². The summed E-state index contributed by atoms with van der Waals surface area (Å²) >= 11 is 12.1. The van der Waals surface area contributed by atoms with E-state index in [2.05, 4.69) is 0 Å². The van der Waals surface area contributed by atoms with E-state index in [0.29, 0.717) is 11.3 Å². The predicted molar refractivity (Wildman–Crippen MR) is 120 cm³/mol. The van der Waals surface area contributed by atoms with Crippen molar-refractivity contribution in [2.24, 2.45) is 0 Å². The summed E-state index contributed by atoms with van der Waals surface area (Å²) in [7, 11) is 0. The van der Waals surface area contributed by atoms with E-state index >= 15 is 0 Å². The molecule has 1 fully saturated rings. The summed E-state index contributed by atoms with van der Waals surface area (Å²) in [6.07, 6.45) is 0. The van der Waals surface area contributed by atoms with Gasteiger partial charge in [-0.25, -0.2) is 4.39 Å². The maximum absolute atomic E-state index is 13.7. The number of phenols is 1. The Hall–Kier alpha value is -3.35. The summed E-state index contributed by atoms with van der Waals surface area (Å²) in [5.41, 5.74) is 1.06. The number of carbonyl (C=O) groups excluding carboxylic acids is 2. The van der Waals surface area contributed by atoms with E-state index in [0.717, 1.165) is 0 Å². The summed E-state index contributed by atoms with van der Waals surface area (Å²) < 4.78 is 13.7. The molecule has 1 saturated heterocycles. The number of aliphatic hydroxyl groups is 1. The van der Waals surface area contributed by atoms with Crippen LogP contribution in [0.4, 0.5) is 10.1 Å². The Kier molecular flexibility index (Phi) is 5.67. The zero-order chi connectivity index (χ0) is 23.2. The first-order valence-electron chi connectivity index (χ1n) is 9.50. The maximum atomic E-state index is 13.7. The van der Waals surface area contributed by atoms with Crippen LogP contribution in [0.5, 0.6) is 5.75 Å². The molecule has 8 heteroatoms. The third kappa shape index (κ3) is 3.72. The molecule has 1 atom stereocenters. The van der Waals surface area contributed by atoms with Gasteiger partial charge in [-0.3, -0.25) is 14.5 Å². The van der Waals surface area contributed by atoms with Crippen LogP contribution in [-0.2, 0) is 9.59 Å². The number of halogens is 3. The average Bonchev–Trinajstić information content (AvgIpc) is 3.03. The lowest BCUT2D eigenvalue weighted by Gasteiger charge is -2.25. The number of aryl methyl sites for hydroxylation is 1. The highest BCUT2D eigenvalue weighted by Crippen LogP contribution is 2.43. The maximum Gasteiger partial charge on any atom is 0.300 e. The van der Waals surface area contributed by atoms with Crippen LogP contribution in [0.1, 0.15) is 22.7 Å². The molecule has 1 unspecified atom stereocenters. The molecular weight excluding hydrogens is 456 g/mol. The number of hydrogen-bond acceptors (Lipinski definition) is 4. The molecule has 5 nitrogen and oxygen atoms in total. The summed E-state index contributed by atoms with van der Waals surface area (Å²) in [4.78, 5) is 27.3. The van der Waals surface area contributed by atoms with Gasteiger partial charge in [0.05, 0.1) is 21.7 Å². The van der Waals surface area contributed by atoms with Gasteiger partial charge in [0.2, 0.25) is 0 Å². The molecule has 0 aromatic heterocycles. The Bertz CT molecular complexity index is 1290. The summed E-state index contributed by atoms with van der Waals surface area (Å²) in [6.45, 7) is 1.53. The Morgan fingerprint density at radius 1 is 0.969 bits per heavy atom. The van der Waals surface area contributed by atoms with Gasteiger partial charge in [-0.15, -0.1) is 0 Å². The SMILES string of the molecule is Cc1cc(/C(O)=C2\C(=O)C(=O)N(c3ccc(Cl)c(Cl)c3)C2c2ccc(O)cc2)ccc1F. The van der Waals surface area contributed by atoms with E-state index in [1.54, 1.807) is 12.1 Å². The zero-order valence-corrected chi connectivity index (χ0v) is 18.2. The number of aromatic hydroxyl groups is 1. The molecule has 4 rings (SSSR count). The number of anilines is 1. The second-order valence-corrected chi connectivity index (χ2v) is 8.14. The molecule has 0 saturated carbocycles. The number of phenolic OH excluding ortho intramolecular Hbond substituents is 1. The molecule has 0 spiro atoms. The average molecular weight is 472 g/mol. The molecule has 3 aromatic carbocycles. The first-order chi connectivity index (χ1) is 15.2. The van der Waals surface area contributed by atoms with Gasteiger partial charge in [-0.1, -0.05) is 35.3 Å². The molecule has 162 valence electrons. The number of benzene rings is 3. The third-order valence-corrected chi connectivity index (χ3v) is 6.01. The van der Waals surface area contributed by atoms with Gasteiger partial charge in [0.25, 0.3) is 11.7 Å². The summed E-state index contributed by atoms with van der Waals surface area (Å²) in [5, 5.41) is 21.2. The minimum absolute atomic E-state index is 0.00519. The molecule has 1 amide bonds. The minimum atomic E-state index is -1.02. The number of amides is 1.